The summed E-state index contributed by atoms with van der Waals surface area (Å²) in [6, 6.07) is 8.39. The molecule has 172 valence electrons. The number of nitrogens with zero attached hydrogens (tertiary/aromatic N) is 1. The summed E-state index contributed by atoms with van der Waals surface area (Å²) in [6.07, 6.45) is -10.7. The second-order valence-electron chi connectivity index (χ2n) is 8.29. The van der Waals surface area contributed by atoms with Crippen molar-refractivity contribution in [2.45, 2.75) is 50.7 Å². The van der Waals surface area contributed by atoms with Gasteiger partial charge < -0.3 is 9.57 Å². The van der Waals surface area contributed by atoms with E-state index in [4.69, 9.17) is 9.57 Å². The monoisotopic (exact) mass is 459 g/mol. The first kappa shape index (κ1) is 23.6. The number of carbonyl (C=O) groups excluding carboxylic acids is 1. The molecule has 3 rings (SSSR count). The quantitative estimate of drug-likeness (QED) is 0.403. The minimum Gasteiger partial charge on any atom is -0.456 e. The van der Waals surface area contributed by atoms with Crippen LogP contribution in [0.5, 0.6) is 0 Å². The minimum absolute atomic E-state index is 0.115. The third kappa shape index (κ3) is 4.73. The number of ether oxygens (including phenoxy) is 1. The van der Waals surface area contributed by atoms with Gasteiger partial charge in [-0.25, -0.2) is 4.79 Å². The third-order valence-electron chi connectivity index (χ3n) is 4.69. The molecule has 0 aliphatic carbocycles. The third-order valence-corrected chi connectivity index (χ3v) is 4.69. The zero-order chi connectivity index (χ0) is 23.9. The van der Waals surface area contributed by atoms with E-state index >= 15 is 0 Å². The van der Waals surface area contributed by atoms with Gasteiger partial charge in [0.05, 0.1) is 16.8 Å². The molecule has 0 fully saturated rings. The topological polar surface area (TPSA) is 47.9 Å². The zero-order valence-corrected chi connectivity index (χ0v) is 17.3. The molecular formula is C22H19F6NO3. The fourth-order valence-electron chi connectivity index (χ4n) is 3.14. The Morgan fingerprint density at radius 2 is 1.62 bits per heavy atom. The summed E-state index contributed by atoms with van der Waals surface area (Å²) in [4.78, 5) is 16.9. The van der Waals surface area contributed by atoms with Crippen LogP contribution in [-0.2, 0) is 21.4 Å². The second kappa shape index (κ2) is 7.83. The minimum atomic E-state index is -5.04. The van der Waals surface area contributed by atoms with Crippen LogP contribution in [0.25, 0.3) is 0 Å². The summed E-state index contributed by atoms with van der Waals surface area (Å²) < 4.78 is 86.4. The largest absolute Gasteiger partial charge is 0.456 e. The van der Waals surface area contributed by atoms with E-state index in [1.807, 2.05) is 0 Å². The van der Waals surface area contributed by atoms with Crippen LogP contribution >= 0.6 is 0 Å². The summed E-state index contributed by atoms with van der Waals surface area (Å²) >= 11 is 0. The first-order valence-electron chi connectivity index (χ1n) is 9.46. The molecule has 0 N–H and O–H groups in total. The molecule has 4 nitrogen and oxygen atoms in total. The lowest BCUT2D eigenvalue weighted by molar-refractivity contribution is -0.276. The Hall–Kier alpha value is -3.04. The van der Waals surface area contributed by atoms with E-state index in [0.29, 0.717) is 12.1 Å². The molecule has 1 aliphatic rings. The van der Waals surface area contributed by atoms with Gasteiger partial charge >= 0.3 is 18.3 Å². The fourth-order valence-corrected chi connectivity index (χ4v) is 3.14. The van der Waals surface area contributed by atoms with Gasteiger partial charge in [-0.05, 0) is 50.6 Å². The Bertz CT molecular complexity index is 1040. The number of rotatable bonds is 3. The van der Waals surface area contributed by atoms with E-state index in [9.17, 15) is 31.1 Å². The molecule has 0 bridgehead atoms. The lowest BCUT2D eigenvalue weighted by Gasteiger charge is -2.30. The van der Waals surface area contributed by atoms with Crippen molar-refractivity contribution in [3.05, 3.63) is 70.8 Å². The normalized spacial score (nSPS) is 19.3. The van der Waals surface area contributed by atoms with Crippen molar-refractivity contribution in [2.24, 2.45) is 5.16 Å². The summed E-state index contributed by atoms with van der Waals surface area (Å²) in [5, 5.41) is 3.53. The van der Waals surface area contributed by atoms with Gasteiger partial charge in [-0.2, -0.15) is 26.3 Å². The summed E-state index contributed by atoms with van der Waals surface area (Å²) in [5.74, 6) is -0.609. The van der Waals surface area contributed by atoms with Crippen LogP contribution in [0.15, 0.2) is 53.7 Å². The number of hydrogen-bond donors (Lipinski definition) is 0. The van der Waals surface area contributed by atoms with Gasteiger partial charge in [0.15, 0.2) is 0 Å². The molecule has 1 aliphatic heterocycles. The number of alkyl halides is 6. The standard InChI is InChI=1S/C22H19F6NO3/c1-19(2,3)31-18(30)14-9-7-13(8-10-14)17-12-20(32-29-17,22(26,27)28)15-5-4-6-16(11-15)21(23,24)25/h4-11H,12H2,1-3H3. The average Bonchev–Trinajstić information content (AvgIpc) is 3.13. The van der Waals surface area contributed by atoms with E-state index in [1.165, 1.54) is 24.3 Å². The maximum Gasteiger partial charge on any atom is 0.435 e. The summed E-state index contributed by atoms with van der Waals surface area (Å²) in [6.45, 7) is 5.07. The predicted molar refractivity (Wildman–Crippen MR) is 103 cm³/mol. The number of carbonyl (C=O) groups is 1. The van der Waals surface area contributed by atoms with Crippen molar-refractivity contribution >= 4 is 11.7 Å². The molecule has 0 spiro atoms. The maximum atomic E-state index is 14.0. The van der Waals surface area contributed by atoms with Crippen LogP contribution in [-0.4, -0.2) is 23.5 Å². The van der Waals surface area contributed by atoms with E-state index < -0.39 is 47.1 Å². The van der Waals surface area contributed by atoms with Crippen molar-refractivity contribution < 1.29 is 40.7 Å². The first-order valence-corrected chi connectivity index (χ1v) is 9.46. The zero-order valence-electron chi connectivity index (χ0n) is 17.3. The molecule has 0 saturated carbocycles. The van der Waals surface area contributed by atoms with Crippen LogP contribution in [0.1, 0.15) is 54.2 Å². The van der Waals surface area contributed by atoms with E-state index in [2.05, 4.69) is 5.16 Å². The molecule has 1 heterocycles. The SMILES string of the molecule is CC(C)(C)OC(=O)c1ccc(C2=NOC(c3cccc(C(F)(F)F)c3)(C(F)(F)F)C2)cc1. The summed E-state index contributed by atoms with van der Waals surface area (Å²) in [5.41, 5.74) is -5.42. The van der Waals surface area contributed by atoms with Crippen molar-refractivity contribution in [2.75, 3.05) is 0 Å². The molecule has 1 atom stereocenters. The van der Waals surface area contributed by atoms with E-state index in [0.717, 1.165) is 12.1 Å². The molecule has 32 heavy (non-hydrogen) atoms. The highest BCUT2D eigenvalue weighted by atomic mass is 19.4. The van der Waals surface area contributed by atoms with Crippen LogP contribution < -0.4 is 0 Å². The van der Waals surface area contributed by atoms with Crippen molar-refractivity contribution in [3.8, 4) is 0 Å². The molecule has 0 radical (unpaired) electrons. The van der Waals surface area contributed by atoms with Crippen molar-refractivity contribution in [1.29, 1.82) is 0 Å². The van der Waals surface area contributed by atoms with Gasteiger partial charge in [-0.15, -0.1) is 0 Å². The lowest BCUT2D eigenvalue weighted by atomic mass is 9.85. The van der Waals surface area contributed by atoms with E-state index in [-0.39, 0.29) is 16.8 Å². The smallest absolute Gasteiger partial charge is 0.435 e. The molecular weight excluding hydrogens is 440 g/mol. The number of oxime groups is 1. The van der Waals surface area contributed by atoms with Gasteiger partial charge in [0.2, 0.25) is 0 Å². The molecule has 10 heteroatoms. The lowest BCUT2D eigenvalue weighted by Crippen LogP contribution is -2.42. The highest BCUT2D eigenvalue weighted by Gasteiger charge is 2.62. The van der Waals surface area contributed by atoms with Gasteiger partial charge in [-0.1, -0.05) is 29.4 Å². The van der Waals surface area contributed by atoms with Crippen molar-refractivity contribution in [1.82, 2.24) is 0 Å². The highest BCUT2D eigenvalue weighted by Crippen LogP contribution is 2.49. The number of halogens is 6. The molecule has 2 aromatic carbocycles. The van der Waals surface area contributed by atoms with Crippen LogP contribution in [0.2, 0.25) is 0 Å². The predicted octanol–water partition coefficient (Wildman–Crippen LogP) is 6.24. The number of hydrogen-bond acceptors (Lipinski definition) is 4. The van der Waals surface area contributed by atoms with Gasteiger partial charge in [0.1, 0.15) is 5.60 Å². The van der Waals surface area contributed by atoms with Crippen LogP contribution in [0, 0.1) is 0 Å². The van der Waals surface area contributed by atoms with Crippen molar-refractivity contribution in [3.63, 3.8) is 0 Å². The highest BCUT2D eigenvalue weighted by molar-refractivity contribution is 6.02. The van der Waals surface area contributed by atoms with Gasteiger partial charge in [0.25, 0.3) is 5.60 Å². The summed E-state index contributed by atoms with van der Waals surface area (Å²) in [7, 11) is 0. The van der Waals surface area contributed by atoms with Gasteiger partial charge in [-0.3, -0.25) is 0 Å². The second-order valence-corrected chi connectivity index (χ2v) is 8.29. The van der Waals surface area contributed by atoms with Crippen LogP contribution in [0.4, 0.5) is 26.3 Å². The Balaban J connectivity index is 1.90. The van der Waals surface area contributed by atoms with Crippen LogP contribution in [0.3, 0.4) is 0 Å². The maximum absolute atomic E-state index is 14.0. The number of esters is 1. The molecule has 0 aromatic heterocycles. The van der Waals surface area contributed by atoms with E-state index in [1.54, 1.807) is 20.8 Å². The number of benzene rings is 2. The molecule has 0 saturated heterocycles. The Kier molecular flexibility index (Phi) is 5.78. The Morgan fingerprint density at radius 3 is 2.16 bits per heavy atom. The average molecular weight is 459 g/mol. The van der Waals surface area contributed by atoms with Gasteiger partial charge in [0, 0.05) is 12.0 Å². The molecule has 2 aromatic rings. The Labute approximate surface area is 179 Å². The fraction of sp³-hybridized carbons (Fsp3) is 0.364. The Morgan fingerprint density at radius 1 is 1.00 bits per heavy atom. The molecule has 0 amide bonds. The first-order chi connectivity index (χ1) is 14.6. The molecule has 1 unspecified atom stereocenters.